The summed E-state index contributed by atoms with van der Waals surface area (Å²) >= 11 is 0. The van der Waals surface area contributed by atoms with Crippen molar-refractivity contribution < 1.29 is 20.1 Å². The third-order valence-corrected chi connectivity index (χ3v) is 5.06. The minimum absolute atomic E-state index is 0. The van der Waals surface area contributed by atoms with Gasteiger partial charge in [-0.05, 0) is 49.6 Å². The van der Waals surface area contributed by atoms with Crippen molar-refractivity contribution in [3.8, 4) is 0 Å². The van der Waals surface area contributed by atoms with Gasteiger partial charge in [0.2, 0.25) is 0 Å². The predicted molar refractivity (Wildman–Crippen MR) is 97.3 cm³/mol. The molecular weight excluding hydrogens is 344 g/mol. The van der Waals surface area contributed by atoms with E-state index in [0.29, 0.717) is 6.54 Å². The van der Waals surface area contributed by atoms with Crippen molar-refractivity contribution >= 4 is 29.0 Å². The van der Waals surface area contributed by atoms with Gasteiger partial charge in [-0.15, -0.1) is 12.4 Å². The van der Waals surface area contributed by atoms with Crippen LogP contribution in [0.4, 0.5) is 5.69 Å². The second-order valence-corrected chi connectivity index (χ2v) is 6.79. The molecule has 1 fully saturated rings. The van der Waals surface area contributed by atoms with Gasteiger partial charge in [-0.1, -0.05) is 0 Å². The van der Waals surface area contributed by atoms with Crippen LogP contribution in [0.3, 0.4) is 0 Å². The summed E-state index contributed by atoms with van der Waals surface area (Å²) in [5.41, 5.74) is 5.31. The van der Waals surface area contributed by atoms with Crippen LogP contribution in [0.15, 0.2) is 18.2 Å². The highest BCUT2D eigenvalue weighted by Gasteiger charge is 2.42. The fourth-order valence-corrected chi connectivity index (χ4v) is 3.80. The molecule has 3 N–H and O–H groups in total. The number of aliphatic hydroxyl groups excluding tert-OH is 3. The SMILES string of the molecule is Cc1cc(C)c2cc3c(cc2n1)CCN3C1OC[C@@H](O)[C@@H](O)[C@@H]1O.Cl. The largest absolute Gasteiger partial charge is 0.388 e. The van der Waals surface area contributed by atoms with Gasteiger partial charge in [0, 0.05) is 23.3 Å². The lowest BCUT2D eigenvalue weighted by atomic mass is 10.0. The molecule has 2 aromatic rings. The van der Waals surface area contributed by atoms with Gasteiger partial charge in [0.25, 0.3) is 0 Å². The van der Waals surface area contributed by atoms with Crippen molar-refractivity contribution in [1.82, 2.24) is 4.98 Å². The molecule has 0 radical (unpaired) electrons. The van der Waals surface area contributed by atoms with Gasteiger partial charge >= 0.3 is 0 Å². The molecule has 0 amide bonds. The van der Waals surface area contributed by atoms with Crippen LogP contribution in [0.5, 0.6) is 0 Å². The van der Waals surface area contributed by atoms with Crippen molar-refractivity contribution in [3.05, 3.63) is 35.0 Å². The van der Waals surface area contributed by atoms with Gasteiger partial charge < -0.3 is 25.0 Å². The molecule has 1 aromatic heterocycles. The quantitative estimate of drug-likeness (QED) is 0.700. The molecule has 4 rings (SSSR count). The maximum Gasteiger partial charge on any atom is 0.159 e. The van der Waals surface area contributed by atoms with Crippen LogP contribution in [0, 0.1) is 13.8 Å². The number of fused-ring (bicyclic) bond motifs is 2. The Morgan fingerprint density at radius 1 is 1.12 bits per heavy atom. The summed E-state index contributed by atoms with van der Waals surface area (Å²) in [5, 5.41) is 31.0. The number of pyridine rings is 1. The van der Waals surface area contributed by atoms with E-state index in [-0.39, 0.29) is 19.0 Å². The van der Waals surface area contributed by atoms with Crippen LogP contribution in [0.1, 0.15) is 16.8 Å². The van der Waals surface area contributed by atoms with Crippen LogP contribution in [0.25, 0.3) is 10.9 Å². The average molecular weight is 367 g/mol. The lowest BCUT2D eigenvalue weighted by Crippen LogP contribution is -2.58. The number of halogens is 1. The normalized spacial score (nSPS) is 28.8. The smallest absolute Gasteiger partial charge is 0.159 e. The Morgan fingerprint density at radius 2 is 1.88 bits per heavy atom. The number of aromatic nitrogens is 1. The molecule has 136 valence electrons. The maximum atomic E-state index is 10.3. The van der Waals surface area contributed by atoms with Gasteiger partial charge in [0.05, 0.1) is 12.1 Å². The highest BCUT2D eigenvalue weighted by Crippen LogP contribution is 2.36. The number of aryl methyl sites for hydroxylation is 2. The van der Waals surface area contributed by atoms with Crippen molar-refractivity contribution in [1.29, 1.82) is 0 Å². The minimum Gasteiger partial charge on any atom is -0.388 e. The second-order valence-electron chi connectivity index (χ2n) is 6.79. The number of hydrogen-bond acceptors (Lipinski definition) is 6. The summed E-state index contributed by atoms with van der Waals surface area (Å²) in [5.74, 6) is 0. The van der Waals surface area contributed by atoms with E-state index in [1.807, 2.05) is 11.8 Å². The first kappa shape index (κ1) is 18.4. The van der Waals surface area contributed by atoms with Gasteiger partial charge in [-0.2, -0.15) is 0 Å². The van der Waals surface area contributed by atoms with Crippen LogP contribution < -0.4 is 4.90 Å². The first-order valence-electron chi connectivity index (χ1n) is 8.29. The molecule has 6 nitrogen and oxygen atoms in total. The first-order chi connectivity index (χ1) is 11.5. The van der Waals surface area contributed by atoms with Gasteiger partial charge in [-0.25, -0.2) is 0 Å². The molecule has 1 unspecified atom stereocenters. The lowest BCUT2D eigenvalue weighted by Gasteiger charge is -2.40. The zero-order chi connectivity index (χ0) is 17.0. The Kier molecular flexibility index (Phi) is 4.92. The van der Waals surface area contributed by atoms with Gasteiger partial charge in [-0.3, -0.25) is 4.98 Å². The van der Waals surface area contributed by atoms with Gasteiger partial charge in [0.15, 0.2) is 6.23 Å². The Balaban J connectivity index is 0.00000182. The minimum atomic E-state index is -1.20. The zero-order valence-electron chi connectivity index (χ0n) is 14.2. The number of aliphatic hydroxyl groups is 3. The highest BCUT2D eigenvalue weighted by atomic mass is 35.5. The monoisotopic (exact) mass is 366 g/mol. The summed E-state index contributed by atoms with van der Waals surface area (Å²) in [6.07, 6.45) is -3.21. The molecule has 7 heteroatoms. The average Bonchev–Trinajstić information content (AvgIpc) is 2.94. The molecule has 0 aliphatic carbocycles. The number of ether oxygens (including phenoxy) is 1. The van der Waals surface area contributed by atoms with Crippen LogP contribution >= 0.6 is 12.4 Å². The molecule has 0 saturated carbocycles. The van der Waals surface area contributed by atoms with E-state index in [0.717, 1.165) is 39.8 Å². The first-order valence-corrected chi connectivity index (χ1v) is 8.29. The fourth-order valence-electron chi connectivity index (χ4n) is 3.80. The number of benzene rings is 1. The summed E-state index contributed by atoms with van der Waals surface area (Å²) in [7, 11) is 0. The maximum absolute atomic E-state index is 10.3. The predicted octanol–water partition coefficient (Wildman–Crippen LogP) is 1.07. The molecule has 1 aromatic carbocycles. The third-order valence-electron chi connectivity index (χ3n) is 5.06. The molecule has 0 bridgehead atoms. The number of anilines is 1. The van der Waals surface area contributed by atoms with E-state index in [4.69, 9.17) is 4.74 Å². The molecule has 0 spiro atoms. The fraction of sp³-hybridized carbons (Fsp3) is 0.500. The molecule has 4 atom stereocenters. The molecule has 2 aliphatic rings. The van der Waals surface area contributed by atoms with Crippen LogP contribution in [-0.4, -0.2) is 58.0 Å². The summed E-state index contributed by atoms with van der Waals surface area (Å²) in [6.45, 7) is 4.77. The number of hydrogen-bond donors (Lipinski definition) is 3. The van der Waals surface area contributed by atoms with E-state index in [2.05, 4.69) is 30.1 Å². The van der Waals surface area contributed by atoms with Crippen molar-refractivity contribution in [2.24, 2.45) is 0 Å². The summed E-state index contributed by atoms with van der Waals surface area (Å²) in [4.78, 5) is 6.60. The Hall–Kier alpha value is -1.44. The standard InChI is InChI=1S/C18H22N2O4.ClH/c1-9-5-10(2)19-13-6-11-3-4-20(14(11)7-12(9)13)18-17(23)16(22)15(21)8-24-18;/h5-7,15-18,21-23H,3-4,8H2,1-2H3;1H/t15-,16-,17+,18?;/m1./s1. The second kappa shape index (κ2) is 6.70. The van der Waals surface area contributed by atoms with Crippen molar-refractivity contribution in [3.63, 3.8) is 0 Å². The van der Waals surface area contributed by atoms with E-state index >= 15 is 0 Å². The molecular formula is C18H23ClN2O4. The topological polar surface area (TPSA) is 86.1 Å². The zero-order valence-corrected chi connectivity index (χ0v) is 15.0. The molecule has 2 aliphatic heterocycles. The van der Waals surface area contributed by atoms with E-state index < -0.39 is 24.5 Å². The van der Waals surface area contributed by atoms with Gasteiger partial charge in [0.1, 0.15) is 18.3 Å². The number of rotatable bonds is 1. The summed E-state index contributed by atoms with van der Waals surface area (Å²) < 4.78 is 5.63. The van der Waals surface area contributed by atoms with E-state index in [1.54, 1.807) is 0 Å². The van der Waals surface area contributed by atoms with E-state index in [1.165, 1.54) is 0 Å². The van der Waals surface area contributed by atoms with Crippen LogP contribution in [0.2, 0.25) is 0 Å². The summed E-state index contributed by atoms with van der Waals surface area (Å²) in [6, 6.07) is 6.25. The highest BCUT2D eigenvalue weighted by molar-refractivity contribution is 5.88. The third kappa shape index (κ3) is 2.98. The van der Waals surface area contributed by atoms with Crippen molar-refractivity contribution in [2.75, 3.05) is 18.1 Å². The van der Waals surface area contributed by atoms with Crippen molar-refractivity contribution in [2.45, 2.75) is 44.8 Å². The Bertz CT molecular complexity index is 800. The lowest BCUT2D eigenvalue weighted by molar-refractivity contribution is -0.186. The molecule has 3 heterocycles. The molecule has 1 saturated heterocycles. The number of nitrogens with zero attached hydrogens (tertiary/aromatic N) is 2. The molecule has 25 heavy (non-hydrogen) atoms. The Morgan fingerprint density at radius 3 is 2.64 bits per heavy atom. The Labute approximate surface area is 152 Å². The van der Waals surface area contributed by atoms with Crippen LogP contribution in [-0.2, 0) is 11.2 Å². The van der Waals surface area contributed by atoms with E-state index in [9.17, 15) is 15.3 Å².